The van der Waals surface area contributed by atoms with Gasteiger partial charge in [-0.25, -0.2) is 0 Å². The van der Waals surface area contributed by atoms with Crippen LogP contribution >= 0.6 is 11.8 Å². The molecule has 0 aromatic heterocycles. The molecule has 0 aromatic rings. The molecule has 1 fully saturated rings. The van der Waals surface area contributed by atoms with Crippen LogP contribution in [0.4, 0.5) is 0 Å². The summed E-state index contributed by atoms with van der Waals surface area (Å²) in [7, 11) is 1.68. The number of hydrogen-bond acceptors (Lipinski definition) is 4. The van der Waals surface area contributed by atoms with Crippen LogP contribution in [0.25, 0.3) is 0 Å². The zero-order chi connectivity index (χ0) is 13.2. The summed E-state index contributed by atoms with van der Waals surface area (Å²) < 4.78 is 4.94. The summed E-state index contributed by atoms with van der Waals surface area (Å²) in [5.74, 6) is 1.25. The van der Waals surface area contributed by atoms with Crippen LogP contribution in [-0.4, -0.2) is 49.8 Å². The Labute approximate surface area is 115 Å². The zero-order valence-electron chi connectivity index (χ0n) is 11.5. The minimum Gasteiger partial charge on any atom is -0.385 e. The van der Waals surface area contributed by atoms with E-state index in [9.17, 15) is 4.79 Å². The van der Waals surface area contributed by atoms with Crippen molar-refractivity contribution in [2.45, 2.75) is 43.9 Å². The molecule has 1 aliphatic rings. The largest absolute Gasteiger partial charge is 0.385 e. The van der Waals surface area contributed by atoms with Crippen LogP contribution in [0.15, 0.2) is 0 Å². The van der Waals surface area contributed by atoms with E-state index in [0.29, 0.717) is 31.0 Å². The Balaban J connectivity index is 2.09. The molecule has 0 aliphatic heterocycles. The number of carbonyl (C=O) groups excluding carboxylic acids is 1. The Bertz CT molecular complexity index is 239. The van der Waals surface area contributed by atoms with Crippen LogP contribution in [0.2, 0.25) is 0 Å². The van der Waals surface area contributed by atoms with Crippen molar-refractivity contribution >= 4 is 17.7 Å². The molecule has 18 heavy (non-hydrogen) atoms. The normalized spacial score (nSPS) is 23.2. The summed E-state index contributed by atoms with van der Waals surface area (Å²) in [5.41, 5.74) is 0. The minimum absolute atomic E-state index is 0.0956. The summed E-state index contributed by atoms with van der Waals surface area (Å²) in [4.78, 5) is 11.6. The van der Waals surface area contributed by atoms with Crippen molar-refractivity contribution in [1.29, 1.82) is 0 Å². The summed E-state index contributed by atoms with van der Waals surface area (Å²) in [6.45, 7) is 4.04. The fourth-order valence-electron chi connectivity index (χ4n) is 2.30. The molecule has 0 aromatic carbocycles. The third-order valence-corrected chi connectivity index (χ3v) is 4.53. The van der Waals surface area contributed by atoms with Gasteiger partial charge in [0.25, 0.3) is 0 Å². The predicted octanol–water partition coefficient (Wildman–Crippen LogP) is 1.40. The van der Waals surface area contributed by atoms with Gasteiger partial charge < -0.3 is 15.4 Å². The third-order valence-electron chi connectivity index (χ3n) is 3.21. The molecule has 2 N–H and O–H groups in total. The van der Waals surface area contributed by atoms with Crippen molar-refractivity contribution in [3.63, 3.8) is 0 Å². The molecular formula is C13H26N2O2S. The molecular weight excluding hydrogens is 248 g/mol. The number of hydrogen-bond donors (Lipinski definition) is 2. The Hall–Kier alpha value is -0.260. The topological polar surface area (TPSA) is 50.4 Å². The molecule has 1 saturated carbocycles. The first-order valence-electron chi connectivity index (χ1n) is 6.88. The highest BCUT2D eigenvalue weighted by atomic mass is 32.2. The average molecular weight is 274 g/mol. The molecule has 0 radical (unpaired) electrons. The van der Waals surface area contributed by atoms with Gasteiger partial charge >= 0.3 is 0 Å². The number of rotatable bonds is 9. The quantitative estimate of drug-likeness (QED) is 0.624. The number of carbonyl (C=O) groups is 1. The zero-order valence-corrected chi connectivity index (χ0v) is 12.4. The average Bonchev–Trinajstić information content (AvgIpc) is 2.80. The van der Waals surface area contributed by atoms with Gasteiger partial charge in [0.15, 0.2) is 0 Å². The molecule has 0 bridgehead atoms. The van der Waals surface area contributed by atoms with Crippen LogP contribution in [-0.2, 0) is 9.53 Å². The molecule has 1 rings (SSSR count). The van der Waals surface area contributed by atoms with Gasteiger partial charge in [0, 0.05) is 31.6 Å². The van der Waals surface area contributed by atoms with Crippen molar-refractivity contribution in [2.75, 3.05) is 32.6 Å². The Morgan fingerprint density at radius 2 is 2.28 bits per heavy atom. The molecule has 1 amide bonds. The molecule has 0 saturated heterocycles. The number of nitrogens with one attached hydrogen (secondary N) is 2. The van der Waals surface area contributed by atoms with Crippen molar-refractivity contribution in [3.05, 3.63) is 0 Å². The molecule has 4 nitrogen and oxygen atoms in total. The van der Waals surface area contributed by atoms with E-state index in [1.54, 1.807) is 7.11 Å². The van der Waals surface area contributed by atoms with Gasteiger partial charge in [-0.2, -0.15) is 11.8 Å². The monoisotopic (exact) mass is 274 g/mol. The molecule has 1 aliphatic carbocycles. The fraction of sp³-hybridized carbons (Fsp3) is 0.923. The lowest BCUT2D eigenvalue weighted by Crippen LogP contribution is -2.42. The van der Waals surface area contributed by atoms with E-state index in [1.165, 1.54) is 19.3 Å². The number of amides is 1. The maximum atomic E-state index is 11.6. The summed E-state index contributed by atoms with van der Waals surface area (Å²) in [5, 5.41) is 6.98. The predicted molar refractivity (Wildman–Crippen MR) is 77.1 cm³/mol. The van der Waals surface area contributed by atoms with E-state index in [4.69, 9.17) is 4.74 Å². The molecule has 0 heterocycles. The van der Waals surface area contributed by atoms with E-state index in [-0.39, 0.29) is 5.91 Å². The summed E-state index contributed by atoms with van der Waals surface area (Å²) in [6.07, 6.45) is 4.64. The van der Waals surface area contributed by atoms with Crippen LogP contribution in [0.1, 0.15) is 32.6 Å². The standard InChI is InChI=1S/C13H26N2O2S/c1-3-18-12-7-4-6-11(12)15-10-13(16)14-8-5-9-17-2/h11-12,15H,3-10H2,1-2H3,(H,14,16). The van der Waals surface area contributed by atoms with E-state index < -0.39 is 0 Å². The molecule has 106 valence electrons. The third kappa shape index (κ3) is 6.07. The van der Waals surface area contributed by atoms with Crippen LogP contribution in [0.5, 0.6) is 0 Å². The highest BCUT2D eigenvalue weighted by Gasteiger charge is 2.26. The number of ether oxygens (including phenoxy) is 1. The van der Waals surface area contributed by atoms with Gasteiger partial charge in [-0.15, -0.1) is 0 Å². The molecule has 5 heteroatoms. The molecule has 0 spiro atoms. The van der Waals surface area contributed by atoms with E-state index in [1.807, 2.05) is 11.8 Å². The number of methoxy groups -OCH3 is 1. The maximum Gasteiger partial charge on any atom is 0.233 e. The Morgan fingerprint density at radius 3 is 3.00 bits per heavy atom. The van der Waals surface area contributed by atoms with E-state index in [2.05, 4.69) is 17.6 Å². The van der Waals surface area contributed by atoms with Gasteiger partial charge in [-0.3, -0.25) is 4.79 Å². The summed E-state index contributed by atoms with van der Waals surface area (Å²) >= 11 is 2.01. The highest BCUT2D eigenvalue weighted by molar-refractivity contribution is 7.99. The van der Waals surface area contributed by atoms with E-state index >= 15 is 0 Å². The maximum absolute atomic E-state index is 11.6. The van der Waals surface area contributed by atoms with Crippen LogP contribution in [0.3, 0.4) is 0 Å². The molecule has 2 atom stereocenters. The van der Waals surface area contributed by atoms with Gasteiger partial charge in [0.2, 0.25) is 5.91 Å². The fourth-order valence-corrected chi connectivity index (χ4v) is 3.53. The second-order valence-electron chi connectivity index (χ2n) is 4.61. The first-order valence-corrected chi connectivity index (χ1v) is 7.93. The lowest BCUT2D eigenvalue weighted by Gasteiger charge is -2.19. The van der Waals surface area contributed by atoms with Gasteiger partial charge in [0.05, 0.1) is 6.54 Å². The molecule has 2 unspecified atom stereocenters. The Morgan fingerprint density at radius 1 is 1.44 bits per heavy atom. The second kappa shape index (κ2) is 9.64. The first kappa shape index (κ1) is 15.8. The van der Waals surface area contributed by atoms with E-state index in [0.717, 1.165) is 12.2 Å². The van der Waals surface area contributed by atoms with Gasteiger partial charge in [-0.05, 0) is 25.0 Å². The summed E-state index contributed by atoms with van der Waals surface area (Å²) in [6, 6.07) is 0.514. The van der Waals surface area contributed by atoms with Crippen LogP contribution < -0.4 is 10.6 Å². The Kier molecular flexibility index (Phi) is 8.46. The van der Waals surface area contributed by atoms with Crippen LogP contribution in [0, 0.1) is 0 Å². The lowest BCUT2D eigenvalue weighted by atomic mass is 10.2. The highest BCUT2D eigenvalue weighted by Crippen LogP contribution is 2.29. The second-order valence-corrected chi connectivity index (χ2v) is 6.12. The number of thioether (sulfide) groups is 1. The van der Waals surface area contributed by atoms with Crippen molar-refractivity contribution in [2.24, 2.45) is 0 Å². The van der Waals surface area contributed by atoms with Crippen molar-refractivity contribution < 1.29 is 9.53 Å². The first-order chi connectivity index (χ1) is 8.77. The van der Waals surface area contributed by atoms with Crippen molar-refractivity contribution in [1.82, 2.24) is 10.6 Å². The minimum atomic E-state index is 0.0956. The lowest BCUT2D eigenvalue weighted by molar-refractivity contribution is -0.120. The van der Waals surface area contributed by atoms with Gasteiger partial charge in [-0.1, -0.05) is 13.3 Å². The van der Waals surface area contributed by atoms with Gasteiger partial charge in [0.1, 0.15) is 0 Å². The smallest absolute Gasteiger partial charge is 0.233 e. The van der Waals surface area contributed by atoms with Crippen molar-refractivity contribution in [3.8, 4) is 0 Å². The SMILES string of the molecule is CCSC1CCCC1NCC(=O)NCCCOC.